The molecule has 0 bridgehead atoms. The van der Waals surface area contributed by atoms with Crippen LogP contribution in [0.1, 0.15) is 54.3 Å². The normalized spacial score (nSPS) is 13.7. The van der Waals surface area contributed by atoms with Gasteiger partial charge in [-0.25, -0.2) is 4.57 Å². The second kappa shape index (κ2) is 17.9. The number of quaternary nitrogens is 1. The molecular formula is C42H46N8O4S2+2. The van der Waals surface area contributed by atoms with Crippen LogP contribution in [-0.4, -0.2) is 94.6 Å². The minimum absolute atomic E-state index is 0.244. The fourth-order valence-electron chi connectivity index (χ4n) is 7.23. The van der Waals surface area contributed by atoms with Crippen molar-refractivity contribution in [2.45, 2.75) is 19.4 Å². The average Bonchev–Trinajstić information content (AvgIpc) is 3.75. The van der Waals surface area contributed by atoms with Crippen LogP contribution in [0.4, 0.5) is 11.4 Å². The Morgan fingerprint density at radius 3 is 1.80 bits per heavy atom. The van der Waals surface area contributed by atoms with E-state index in [2.05, 4.69) is 26.8 Å². The Balaban J connectivity index is 0.906. The second-order valence-corrected chi connectivity index (χ2v) is 16.2. The zero-order valence-corrected chi connectivity index (χ0v) is 33.0. The van der Waals surface area contributed by atoms with Crippen molar-refractivity contribution in [2.75, 3.05) is 61.9 Å². The summed E-state index contributed by atoms with van der Waals surface area (Å²) in [5.74, 6) is -0.191. The van der Waals surface area contributed by atoms with Gasteiger partial charge in [-0.05, 0) is 49.0 Å². The first-order valence-electron chi connectivity index (χ1n) is 18.8. The molecule has 288 valence electrons. The monoisotopic (exact) mass is 790 g/mol. The number of hydrogen-bond donors (Lipinski definition) is 4. The first kappa shape index (κ1) is 38.7. The number of nitrogens with zero attached hydrogens (tertiary/aromatic N) is 4. The first-order valence-corrected chi connectivity index (χ1v) is 21.3. The van der Waals surface area contributed by atoms with Crippen molar-refractivity contribution < 1.29 is 29.1 Å². The number of carbonyl (C=O) groups excluding carboxylic acids is 4. The van der Waals surface area contributed by atoms with Gasteiger partial charge in [-0.1, -0.05) is 52.4 Å². The van der Waals surface area contributed by atoms with Gasteiger partial charge in [0.25, 0.3) is 23.6 Å². The number of H-pyrrole nitrogens is 1. The molecule has 3 heterocycles. The van der Waals surface area contributed by atoms with Gasteiger partial charge in [0.1, 0.15) is 18.6 Å². The van der Waals surface area contributed by atoms with Crippen LogP contribution in [0.3, 0.4) is 0 Å². The summed E-state index contributed by atoms with van der Waals surface area (Å²) in [5, 5.41) is 12.0. The largest absolute Gasteiger partial charge is 0.384 e. The number of nitrogens with one attached hydrogen (secondary N) is 3. The van der Waals surface area contributed by atoms with Crippen molar-refractivity contribution in [3.63, 3.8) is 0 Å². The van der Waals surface area contributed by atoms with Crippen LogP contribution in [0.5, 0.6) is 0 Å². The van der Waals surface area contributed by atoms with Crippen LogP contribution in [-0.2, 0) is 6.54 Å². The Hall–Kier alpha value is -5.57. The van der Waals surface area contributed by atoms with Gasteiger partial charge in [0, 0.05) is 106 Å². The Morgan fingerprint density at radius 2 is 1.30 bits per heavy atom. The maximum Gasteiger partial charge on any atom is 0.261 e. The number of anilines is 2. The summed E-state index contributed by atoms with van der Waals surface area (Å²) in [4.78, 5) is 62.2. The lowest BCUT2D eigenvalue weighted by atomic mass is 9.93. The lowest BCUT2D eigenvalue weighted by Gasteiger charge is -2.28. The van der Waals surface area contributed by atoms with E-state index in [1.807, 2.05) is 96.9 Å². The van der Waals surface area contributed by atoms with E-state index in [4.69, 9.17) is 0 Å². The number of amides is 4. The van der Waals surface area contributed by atoms with Crippen LogP contribution >= 0.6 is 21.6 Å². The Kier molecular flexibility index (Phi) is 12.4. The van der Waals surface area contributed by atoms with Gasteiger partial charge in [-0.2, -0.15) is 0 Å². The molecule has 2 aliphatic heterocycles. The molecule has 4 amide bonds. The molecule has 0 fully saturated rings. The third-order valence-corrected chi connectivity index (χ3v) is 12.4. The second-order valence-electron chi connectivity index (χ2n) is 13.5. The quantitative estimate of drug-likeness (QED) is 0.0359. The van der Waals surface area contributed by atoms with Gasteiger partial charge in [0.05, 0.1) is 19.8 Å². The van der Waals surface area contributed by atoms with Crippen LogP contribution in [0.2, 0.25) is 0 Å². The fraction of sp³-hybridized carbons (Fsp3) is 0.262. The molecule has 14 heteroatoms. The molecule has 0 aliphatic carbocycles. The maximum atomic E-state index is 13.6. The third-order valence-electron chi connectivity index (χ3n) is 9.99. The van der Waals surface area contributed by atoms with Gasteiger partial charge in [-0.3, -0.25) is 34.0 Å². The highest BCUT2D eigenvalue weighted by molar-refractivity contribution is 8.76. The number of benzene rings is 4. The molecule has 5 N–H and O–H groups in total. The number of rotatable bonds is 20. The summed E-state index contributed by atoms with van der Waals surface area (Å²) >= 11 is 0. The number of imidazole rings is 1. The zero-order valence-electron chi connectivity index (χ0n) is 31.3. The summed E-state index contributed by atoms with van der Waals surface area (Å²) in [5.41, 5.74) is 3.87. The molecule has 0 saturated carbocycles. The lowest BCUT2D eigenvalue weighted by molar-refractivity contribution is -0.695. The summed E-state index contributed by atoms with van der Waals surface area (Å²) < 4.78 is 2.08. The van der Waals surface area contributed by atoms with Crippen molar-refractivity contribution in [1.82, 2.24) is 19.7 Å². The van der Waals surface area contributed by atoms with Crippen LogP contribution in [0.15, 0.2) is 105 Å². The van der Waals surface area contributed by atoms with Crippen molar-refractivity contribution in [3.05, 3.63) is 127 Å². The molecule has 56 heavy (non-hydrogen) atoms. The van der Waals surface area contributed by atoms with Crippen molar-refractivity contribution in [1.29, 1.82) is 0 Å². The van der Waals surface area contributed by atoms with Gasteiger partial charge in [0.15, 0.2) is 0 Å². The number of nitrogens with two attached hydrogens (primary N) is 1. The van der Waals surface area contributed by atoms with Crippen molar-refractivity contribution in [2.24, 2.45) is 0 Å². The number of aromatic nitrogens is 2. The summed E-state index contributed by atoms with van der Waals surface area (Å²) in [6, 6.07) is 18.6. The van der Waals surface area contributed by atoms with Gasteiger partial charge in [-0.15, -0.1) is 0 Å². The van der Waals surface area contributed by atoms with E-state index in [1.165, 1.54) is 31.4 Å². The van der Waals surface area contributed by atoms with E-state index in [0.717, 1.165) is 54.6 Å². The topological polar surface area (TPSA) is 138 Å². The Labute approximate surface area is 333 Å². The Bertz CT molecular complexity index is 2270. The molecule has 0 saturated heterocycles. The number of aryl methyl sites for hydroxylation is 1. The maximum absolute atomic E-state index is 13.6. The molecule has 0 unspecified atom stereocenters. The van der Waals surface area contributed by atoms with Gasteiger partial charge < -0.3 is 20.9 Å². The predicted molar refractivity (Wildman–Crippen MR) is 225 cm³/mol. The minimum Gasteiger partial charge on any atom is -0.384 e. The van der Waals surface area contributed by atoms with E-state index in [0.29, 0.717) is 51.1 Å². The van der Waals surface area contributed by atoms with Crippen LogP contribution in [0, 0.1) is 0 Å². The molecule has 0 radical (unpaired) electrons. The SMILES string of the molecule is C=CN(C=C[NH2+]C)CCCNc1ccc2c3c(cccc13)C(=O)N(CCSSCCN1C(=O)c3cccc4c(NCCC[n+]5cc[nH]c5)ccc(c34)C1=O)C2=O. The molecular weight excluding hydrogens is 745 g/mol. The number of imide groups is 2. The third kappa shape index (κ3) is 8.04. The molecule has 1 aromatic heterocycles. The number of hydrogen-bond acceptors (Lipinski definition) is 9. The zero-order chi connectivity index (χ0) is 39.0. The van der Waals surface area contributed by atoms with E-state index in [9.17, 15) is 19.2 Å². The minimum atomic E-state index is -0.302. The van der Waals surface area contributed by atoms with E-state index in [1.54, 1.807) is 18.3 Å². The molecule has 5 aromatic rings. The van der Waals surface area contributed by atoms with Gasteiger partial charge >= 0.3 is 0 Å². The predicted octanol–water partition coefficient (Wildman–Crippen LogP) is 5.30. The molecule has 0 spiro atoms. The molecule has 7 rings (SSSR count). The molecule has 12 nitrogen and oxygen atoms in total. The van der Waals surface area contributed by atoms with Gasteiger partial charge in [0.2, 0.25) is 6.33 Å². The highest BCUT2D eigenvalue weighted by Gasteiger charge is 2.34. The van der Waals surface area contributed by atoms with E-state index >= 15 is 0 Å². The van der Waals surface area contributed by atoms with Crippen molar-refractivity contribution in [3.8, 4) is 0 Å². The highest BCUT2D eigenvalue weighted by atomic mass is 33.1. The smallest absolute Gasteiger partial charge is 0.261 e. The molecule has 4 aromatic carbocycles. The first-order chi connectivity index (χ1) is 27.4. The molecule has 2 aliphatic rings. The van der Waals surface area contributed by atoms with E-state index in [-0.39, 0.29) is 36.7 Å². The highest BCUT2D eigenvalue weighted by Crippen LogP contribution is 2.36. The fourth-order valence-corrected chi connectivity index (χ4v) is 9.14. The standard InChI is InChI=1S/C42H44N8O4S2/c1-3-47(22-18-43-2)20-6-16-45-35-14-12-33-37-29(35)8-4-10-31(37)39(51)49(41(33)53)24-26-55-56-27-25-50-40(52)32-11-5-9-30-36(15-13-34(38(30)32)42(50)54)46-17-7-21-48-23-19-44-28-48/h3-5,8-15,18-19,22-23,28,43H,1,6-7,16-17,20-21,24-27H2,2H3,(H2,45,46,51,52,53,54)/p+2. The molecule has 0 atom stereocenters. The van der Waals surface area contributed by atoms with Crippen LogP contribution in [0.25, 0.3) is 21.5 Å². The number of aromatic amines is 1. The average molecular weight is 791 g/mol. The number of carbonyl (C=O) groups is 4. The summed E-state index contributed by atoms with van der Waals surface area (Å²) in [7, 11) is 4.99. The lowest BCUT2D eigenvalue weighted by Crippen LogP contribution is -2.72. The van der Waals surface area contributed by atoms with E-state index < -0.39 is 0 Å². The van der Waals surface area contributed by atoms with Crippen LogP contribution < -0.4 is 20.5 Å². The summed E-state index contributed by atoms with van der Waals surface area (Å²) in [6.07, 6.45) is 13.3. The van der Waals surface area contributed by atoms with Crippen molar-refractivity contribution >= 4 is 78.1 Å². The Morgan fingerprint density at radius 1 is 0.768 bits per heavy atom. The summed E-state index contributed by atoms with van der Waals surface area (Å²) in [6.45, 7) is 7.50.